The first-order chi connectivity index (χ1) is 5.59. The van der Waals surface area contributed by atoms with Crippen LogP contribution in [0.2, 0.25) is 0 Å². The lowest BCUT2D eigenvalue weighted by molar-refractivity contribution is -0.132. The maximum absolute atomic E-state index is 12.8. The van der Waals surface area contributed by atoms with Gasteiger partial charge in [-0.2, -0.15) is 0 Å². The van der Waals surface area contributed by atoms with E-state index in [4.69, 9.17) is 5.73 Å². The van der Waals surface area contributed by atoms with Gasteiger partial charge in [0.15, 0.2) is 11.6 Å². The molecule has 0 aliphatic rings. The fourth-order valence-corrected chi connectivity index (χ4v) is 0.753. The van der Waals surface area contributed by atoms with E-state index in [9.17, 15) is 9.18 Å². The number of hydrogen-bond acceptors (Lipinski definition) is 3. The van der Waals surface area contributed by atoms with Crippen LogP contribution in [-0.4, -0.2) is 5.97 Å². The first-order valence-electron chi connectivity index (χ1n) is 3.33. The third-order valence-corrected chi connectivity index (χ3v) is 1.21. The Balaban J connectivity index is 2.97. The standard InChI is InChI=1S/C8H8FNO2/c1-5(11)12-8-4-6(10)2-3-7(8)9/h2-4H,10H2,1H3. The quantitative estimate of drug-likeness (QED) is 0.392. The summed E-state index contributed by atoms with van der Waals surface area (Å²) in [5.74, 6) is -1.30. The van der Waals surface area contributed by atoms with E-state index in [0.717, 1.165) is 6.07 Å². The third-order valence-electron chi connectivity index (χ3n) is 1.21. The molecule has 0 saturated heterocycles. The van der Waals surface area contributed by atoms with Gasteiger partial charge in [0.25, 0.3) is 0 Å². The van der Waals surface area contributed by atoms with Crippen LogP contribution >= 0.6 is 0 Å². The Kier molecular flexibility index (Phi) is 2.28. The summed E-state index contributed by atoms with van der Waals surface area (Å²) in [5.41, 5.74) is 5.70. The summed E-state index contributed by atoms with van der Waals surface area (Å²) < 4.78 is 17.3. The molecule has 4 heteroatoms. The Labute approximate surface area is 68.9 Å². The molecule has 12 heavy (non-hydrogen) atoms. The molecule has 64 valence electrons. The van der Waals surface area contributed by atoms with Gasteiger partial charge < -0.3 is 10.5 Å². The highest BCUT2D eigenvalue weighted by atomic mass is 19.1. The van der Waals surface area contributed by atoms with Crippen molar-refractivity contribution in [1.82, 2.24) is 0 Å². The minimum Gasteiger partial charge on any atom is -0.424 e. The van der Waals surface area contributed by atoms with E-state index in [1.54, 1.807) is 0 Å². The molecule has 0 aliphatic heterocycles. The van der Waals surface area contributed by atoms with Gasteiger partial charge in [-0.05, 0) is 12.1 Å². The van der Waals surface area contributed by atoms with Crippen LogP contribution < -0.4 is 10.5 Å². The highest BCUT2D eigenvalue weighted by Crippen LogP contribution is 2.19. The number of halogens is 1. The minimum atomic E-state index is -0.598. The highest BCUT2D eigenvalue weighted by Gasteiger charge is 2.05. The second-order valence-corrected chi connectivity index (χ2v) is 2.28. The Morgan fingerprint density at radius 1 is 1.58 bits per heavy atom. The fraction of sp³-hybridized carbons (Fsp3) is 0.125. The first kappa shape index (κ1) is 8.52. The van der Waals surface area contributed by atoms with Crippen LogP contribution in [0, 0.1) is 5.82 Å². The molecule has 0 heterocycles. The molecule has 0 aromatic heterocycles. The van der Waals surface area contributed by atoms with Crippen molar-refractivity contribution in [1.29, 1.82) is 0 Å². The van der Waals surface area contributed by atoms with Gasteiger partial charge >= 0.3 is 5.97 Å². The van der Waals surface area contributed by atoms with E-state index in [1.807, 2.05) is 0 Å². The van der Waals surface area contributed by atoms with Crippen molar-refractivity contribution >= 4 is 11.7 Å². The van der Waals surface area contributed by atoms with Crippen molar-refractivity contribution < 1.29 is 13.9 Å². The van der Waals surface area contributed by atoms with Crippen molar-refractivity contribution in [3.05, 3.63) is 24.0 Å². The van der Waals surface area contributed by atoms with Crippen LogP contribution in [0.5, 0.6) is 5.75 Å². The van der Waals surface area contributed by atoms with Crippen LogP contribution in [-0.2, 0) is 4.79 Å². The van der Waals surface area contributed by atoms with Crippen molar-refractivity contribution in [3.8, 4) is 5.75 Å². The number of nitrogens with two attached hydrogens (primary N) is 1. The van der Waals surface area contributed by atoms with Gasteiger partial charge in [-0.3, -0.25) is 4.79 Å². The Hall–Kier alpha value is -1.58. The highest BCUT2D eigenvalue weighted by molar-refractivity contribution is 5.69. The SMILES string of the molecule is CC(=O)Oc1cc(N)ccc1F. The van der Waals surface area contributed by atoms with Crippen LogP contribution in [0.25, 0.3) is 0 Å². The number of carbonyl (C=O) groups excluding carboxylic acids is 1. The molecule has 1 aromatic rings. The summed E-state index contributed by atoms with van der Waals surface area (Å²) in [5, 5.41) is 0. The van der Waals surface area contributed by atoms with E-state index < -0.39 is 11.8 Å². The number of ether oxygens (including phenoxy) is 1. The Morgan fingerprint density at radius 2 is 2.25 bits per heavy atom. The van der Waals surface area contributed by atoms with E-state index in [1.165, 1.54) is 19.1 Å². The van der Waals surface area contributed by atoms with Gasteiger partial charge in [0, 0.05) is 18.7 Å². The minimum absolute atomic E-state index is 0.137. The van der Waals surface area contributed by atoms with Crippen molar-refractivity contribution in [2.75, 3.05) is 5.73 Å². The molecule has 0 fully saturated rings. The summed E-state index contributed by atoms with van der Waals surface area (Å²) in [4.78, 5) is 10.4. The molecule has 3 nitrogen and oxygen atoms in total. The lowest BCUT2D eigenvalue weighted by atomic mass is 10.3. The second kappa shape index (κ2) is 3.21. The third kappa shape index (κ3) is 1.95. The molecule has 2 N–H and O–H groups in total. The average molecular weight is 169 g/mol. The number of anilines is 1. The van der Waals surface area contributed by atoms with Crippen LogP contribution in [0.3, 0.4) is 0 Å². The average Bonchev–Trinajstić information content (AvgIpc) is 1.96. The van der Waals surface area contributed by atoms with Crippen molar-refractivity contribution in [2.45, 2.75) is 6.92 Å². The molecular formula is C8H8FNO2. The molecule has 0 radical (unpaired) electrons. The van der Waals surface area contributed by atoms with E-state index >= 15 is 0 Å². The largest absolute Gasteiger partial charge is 0.424 e. The van der Waals surface area contributed by atoms with E-state index in [-0.39, 0.29) is 5.75 Å². The zero-order chi connectivity index (χ0) is 9.14. The predicted molar refractivity (Wildman–Crippen MR) is 42.1 cm³/mol. The van der Waals surface area contributed by atoms with Crippen LogP contribution in [0.4, 0.5) is 10.1 Å². The van der Waals surface area contributed by atoms with Crippen molar-refractivity contribution in [3.63, 3.8) is 0 Å². The molecular weight excluding hydrogens is 161 g/mol. The maximum atomic E-state index is 12.8. The lowest BCUT2D eigenvalue weighted by Gasteiger charge is -2.02. The summed E-state index contributed by atoms with van der Waals surface area (Å²) in [7, 11) is 0. The Bertz CT molecular complexity index is 312. The van der Waals surface area contributed by atoms with Crippen LogP contribution in [0.15, 0.2) is 18.2 Å². The van der Waals surface area contributed by atoms with Crippen molar-refractivity contribution in [2.24, 2.45) is 0 Å². The van der Waals surface area contributed by atoms with E-state index in [0.29, 0.717) is 5.69 Å². The first-order valence-corrected chi connectivity index (χ1v) is 3.33. The molecule has 0 saturated carbocycles. The zero-order valence-electron chi connectivity index (χ0n) is 6.50. The summed E-state index contributed by atoms with van der Waals surface area (Å²) >= 11 is 0. The van der Waals surface area contributed by atoms with Gasteiger partial charge in [0.05, 0.1) is 0 Å². The number of benzene rings is 1. The molecule has 0 atom stereocenters. The summed E-state index contributed by atoms with van der Waals surface area (Å²) in [6.07, 6.45) is 0. The van der Waals surface area contributed by atoms with E-state index in [2.05, 4.69) is 4.74 Å². The van der Waals surface area contributed by atoms with Gasteiger partial charge in [0.1, 0.15) is 0 Å². The maximum Gasteiger partial charge on any atom is 0.308 e. The van der Waals surface area contributed by atoms with Crippen LogP contribution in [0.1, 0.15) is 6.92 Å². The molecule has 1 aromatic carbocycles. The Morgan fingerprint density at radius 3 is 2.83 bits per heavy atom. The van der Waals surface area contributed by atoms with Gasteiger partial charge in [-0.1, -0.05) is 0 Å². The topological polar surface area (TPSA) is 52.3 Å². The molecule has 0 bridgehead atoms. The smallest absolute Gasteiger partial charge is 0.308 e. The number of esters is 1. The van der Waals surface area contributed by atoms with Gasteiger partial charge in [0.2, 0.25) is 0 Å². The second-order valence-electron chi connectivity index (χ2n) is 2.28. The number of nitrogen functional groups attached to an aromatic ring is 1. The molecule has 0 unspecified atom stereocenters. The zero-order valence-corrected chi connectivity index (χ0v) is 6.50. The number of hydrogen-bond donors (Lipinski definition) is 1. The predicted octanol–water partition coefficient (Wildman–Crippen LogP) is 1.33. The monoisotopic (exact) mass is 169 g/mol. The summed E-state index contributed by atoms with van der Waals surface area (Å²) in [6.45, 7) is 1.20. The molecule has 1 rings (SSSR count). The summed E-state index contributed by atoms with van der Waals surface area (Å²) in [6, 6.07) is 3.80. The molecule has 0 spiro atoms. The fourth-order valence-electron chi connectivity index (χ4n) is 0.753. The van der Waals surface area contributed by atoms with Gasteiger partial charge in [-0.25, -0.2) is 4.39 Å². The molecule has 0 amide bonds. The van der Waals surface area contributed by atoms with Gasteiger partial charge in [-0.15, -0.1) is 0 Å². The number of carbonyl (C=O) groups is 1. The normalized spacial score (nSPS) is 9.50. The molecule has 0 aliphatic carbocycles. The lowest BCUT2D eigenvalue weighted by Crippen LogP contribution is -2.03. The number of rotatable bonds is 1.